The molecule has 118 valence electrons. The molecule has 0 fully saturated rings. The van der Waals surface area contributed by atoms with Crippen LogP contribution in [0.3, 0.4) is 0 Å². The summed E-state index contributed by atoms with van der Waals surface area (Å²) in [6.07, 6.45) is -4.00. The molecular formula is C12H21F3N2O3. The fourth-order valence-corrected chi connectivity index (χ4v) is 1.86. The van der Waals surface area contributed by atoms with Crippen molar-refractivity contribution in [2.45, 2.75) is 32.9 Å². The average Bonchev–Trinajstić information content (AvgIpc) is 2.21. The van der Waals surface area contributed by atoms with Crippen LogP contribution < -0.4 is 5.32 Å². The van der Waals surface area contributed by atoms with Gasteiger partial charge in [-0.15, -0.1) is 0 Å². The minimum Gasteiger partial charge on any atom is -0.481 e. The molecule has 2 amide bonds. The summed E-state index contributed by atoms with van der Waals surface area (Å²) >= 11 is 0. The molecule has 8 heteroatoms. The zero-order valence-corrected chi connectivity index (χ0v) is 11.8. The van der Waals surface area contributed by atoms with Gasteiger partial charge in [0.15, 0.2) is 0 Å². The van der Waals surface area contributed by atoms with Crippen molar-refractivity contribution < 1.29 is 27.9 Å². The molecule has 0 aromatic heterocycles. The fourth-order valence-electron chi connectivity index (χ4n) is 1.86. The van der Waals surface area contributed by atoms with E-state index in [1.165, 1.54) is 0 Å². The predicted molar refractivity (Wildman–Crippen MR) is 67.3 cm³/mol. The van der Waals surface area contributed by atoms with Gasteiger partial charge in [-0.1, -0.05) is 13.8 Å². The Morgan fingerprint density at radius 1 is 1.30 bits per heavy atom. The summed E-state index contributed by atoms with van der Waals surface area (Å²) in [6, 6.07) is -0.860. The molecule has 0 radical (unpaired) electrons. The highest BCUT2D eigenvalue weighted by Gasteiger charge is 2.31. The highest BCUT2D eigenvalue weighted by atomic mass is 19.4. The van der Waals surface area contributed by atoms with Crippen LogP contribution in [-0.4, -0.2) is 48.3 Å². The first-order valence-electron chi connectivity index (χ1n) is 6.28. The monoisotopic (exact) mass is 298 g/mol. The number of hydrogen-bond acceptors (Lipinski definition) is 2. The van der Waals surface area contributed by atoms with Crippen molar-refractivity contribution in [3.05, 3.63) is 0 Å². The first-order chi connectivity index (χ1) is 9.01. The molecule has 0 saturated heterocycles. The Bertz CT molecular complexity index is 332. The smallest absolute Gasteiger partial charge is 0.406 e. The Kier molecular flexibility index (Phi) is 7.38. The van der Waals surface area contributed by atoms with Gasteiger partial charge < -0.3 is 15.3 Å². The Labute approximate surface area is 116 Å². The van der Waals surface area contributed by atoms with Gasteiger partial charge >= 0.3 is 18.2 Å². The summed E-state index contributed by atoms with van der Waals surface area (Å²) < 4.78 is 36.3. The molecule has 0 saturated carbocycles. The number of hydrogen-bond donors (Lipinski definition) is 2. The van der Waals surface area contributed by atoms with E-state index in [0.717, 1.165) is 7.05 Å². The summed E-state index contributed by atoms with van der Waals surface area (Å²) in [5.41, 5.74) is 0. The minimum atomic E-state index is -4.45. The Morgan fingerprint density at radius 2 is 1.85 bits per heavy atom. The largest absolute Gasteiger partial charge is 0.481 e. The van der Waals surface area contributed by atoms with Crippen molar-refractivity contribution in [1.29, 1.82) is 0 Å². The van der Waals surface area contributed by atoms with Crippen LogP contribution in [0.25, 0.3) is 0 Å². The lowest BCUT2D eigenvalue weighted by atomic mass is 9.94. The number of carboxylic acid groups (broad SMARTS) is 1. The summed E-state index contributed by atoms with van der Waals surface area (Å²) in [4.78, 5) is 22.7. The van der Waals surface area contributed by atoms with Gasteiger partial charge in [0.05, 0.1) is 0 Å². The normalized spacial score (nSPS) is 13.2. The topological polar surface area (TPSA) is 69.6 Å². The van der Waals surface area contributed by atoms with Gasteiger partial charge in [0.2, 0.25) is 0 Å². The van der Waals surface area contributed by atoms with Crippen LogP contribution >= 0.6 is 0 Å². The molecule has 0 aliphatic heterocycles. The number of urea groups is 1. The SMILES string of the molecule is CC(C)C[C@H](CNC(=O)N(C)CC(F)(F)F)CC(=O)O. The number of rotatable bonds is 7. The van der Waals surface area contributed by atoms with Gasteiger partial charge in [0, 0.05) is 20.0 Å². The molecule has 0 aromatic rings. The zero-order valence-electron chi connectivity index (χ0n) is 11.8. The summed E-state index contributed by atoms with van der Waals surface area (Å²) in [5.74, 6) is -1.05. The molecule has 1 atom stereocenters. The number of carbonyl (C=O) groups excluding carboxylic acids is 1. The van der Waals surface area contributed by atoms with Crippen LogP contribution in [0.5, 0.6) is 0 Å². The number of alkyl halides is 3. The van der Waals surface area contributed by atoms with Crippen LogP contribution in [-0.2, 0) is 4.79 Å². The summed E-state index contributed by atoms with van der Waals surface area (Å²) in [5, 5.41) is 11.1. The van der Waals surface area contributed by atoms with E-state index in [4.69, 9.17) is 5.11 Å². The van der Waals surface area contributed by atoms with Crippen molar-refractivity contribution in [2.75, 3.05) is 20.1 Å². The van der Waals surface area contributed by atoms with Crippen molar-refractivity contribution in [1.82, 2.24) is 10.2 Å². The number of nitrogens with zero attached hydrogens (tertiary/aromatic N) is 1. The van der Waals surface area contributed by atoms with Gasteiger partial charge in [-0.3, -0.25) is 4.79 Å². The Balaban J connectivity index is 4.32. The van der Waals surface area contributed by atoms with Crippen molar-refractivity contribution in [3.8, 4) is 0 Å². The first-order valence-corrected chi connectivity index (χ1v) is 6.28. The number of halogens is 3. The molecular weight excluding hydrogens is 277 g/mol. The maximum atomic E-state index is 12.1. The van der Waals surface area contributed by atoms with Gasteiger partial charge in [-0.05, 0) is 18.3 Å². The summed E-state index contributed by atoms with van der Waals surface area (Å²) in [6.45, 7) is 2.52. The van der Waals surface area contributed by atoms with Crippen molar-refractivity contribution in [2.24, 2.45) is 11.8 Å². The van der Waals surface area contributed by atoms with Crippen molar-refractivity contribution in [3.63, 3.8) is 0 Å². The number of aliphatic carboxylic acids is 1. The lowest BCUT2D eigenvalue weighted by Gasteiger charge is -2.22. The maximum Gasteiger partial charge on any atom is 0.406 e. The van der Waals surface area contributed by atoms with Crippen LogP contribution in [0, 0.1) is 11.8 Å². The lowest BCUT2D eigenvalue weighted by Crippen LogP contribution is -2.44. The number of carbonyl (C=O) groups is 2. The van der Waals surface area contributed by atoms with Gasteiger partial charge in [0.25, 0.3) is 0 Å². The number of carboxylic acids is 1. The third kappa shape index (κ3) is 9.46. The number of amides is 2. The molecule has 0 rings (SSSR count). The van der Waals surface area contributed by atoms with Crippen LogP contribution in [0.1, 0.15) is 26.7 Å². The van der Waals surface area contributed by atoms with Crippen molar-refractivity contribution >= 4 is 12.0 Å². The molecule has 20 heavy (non-hydrogen) atoms. The molecule has 5 nitrogen and oxygen atoms in total. The van der Waals surface area contributed by atoms with Gasteiger partial charge in [-0.2, -0.15) is 13.2 Å². The second-order valence-electron chi connectivity index (χ2n) is 5.25. The van der Waals surface area contributed by atoms with E-state index in [1.54, 1.807) is 0 Å². The van der Waals surface area contributed by atoms with E-state index < -0.39 is 24.7 Å². The maximum absolute atomic E-state index is 12.1. The first kappa shape index (κ1) is 18.5. The molecule has 2 N–H and O–H groups in total. The zero-order chi connectivity index (χ0) is 15.9. The Hall–Kier alpha value is -1.47. The van der Waals surface area contributed by atoms with Crippen LogP contribution in [0.15, 0.2) is 0 Å². The van der Waals surface area contributed by atoms with Gasteiger partial charge in [-0.25, -0.2) is 4.79 Å². The van der Waals surface area contributed by atoms with Crippen LogP contribution in [0.2, 0.25) is 0 Å². The quantitative estimate of drug-likeness (QED) is 0.758. The Morgan fingerprint density at radius 3 is 2.25 bits per heavy atom. The lowest BCUT2D eigenvalue weighted by molar-refractivity contribution is -0.138. The molecule has 0 unspecified atom stereocenters. The van der Waals surface area contributed by atoms with E-state index in [9.17, 15) is 22.8 Å². The van der Waals surface area contributed by atoms with Crippen LogP contribution in [0.4, 0.5) is 18.0 Å². The second-order valence-corrected chi connectivity index (χ2v) is 5.25. The molecule has 0 bridgehead atoms. The minimum absolute atomic E-state index is 0.0471. The highest BCUT2D eigenvalue weighted by Crippen LogP contribution is 2.16. The predicted octanol–water partition coefficient (Wildman–Crippen LogP) is 2.33. The second kappa shape index (κ2) is 7.96. The molecule has 0 aliphatic rings. The summed E-state index contributed by atoms with van der Waals surface area (Å²) in [7, 11) is 1.04. The third-order valence-corrected chi connectivity index (χ3v) is 2.57. The van der Waals surface area contributed by atoms with E-state index in [1.807, 2.05) is 13.8 Å². The molecule has 0 aromatic carbocycles. The van der Waals surface area contributed by atoms with Gasteiger partial charge in [0.1, 0.15) is 6.54 Å². The van der Waals surface area contributed by atoms with E-state index in [0.29, 0.717) is 11.3 Å². The van der Waals surface area contributed by atoms with E-state index in [2.05, 4.69) is 5.32 Å². The highest BCUT2D eigenvalue weighted by molar-refractivity contribution is 5.74. The molecule has 0 spiro atoms. The van der Waals surface area contributed by atoms with E-state index >= 15 is 0 Å². The molecule has 0 aliphatic carbocycles. The molecule has 0 heterocycles. The number of nitrogens with one attached hydrogen (secondary N) is 1. The van der Waals surface area contributed by atoms with E-state index in [-0.39, 0.29) is 24.8 Å². The third-order valence-electron chi connectivity index (χ3n) is 2.57. The standard InChI is InChI=1S/C12H21F3N2O3/c1-8(2)4-9(5-10(18)19)6-16-11(20)17(3)7-12(13,14)15/h8-9H,4-7H2,1-3H3,(H,16,20)(H,18,19)/t9-/m0/s1. The average molecular weight is 298 g/mol. The fraction of sp³-hybridized carbons (Fsp3) is 0.833.